The van der Waals surface area contributed by atoms with Gasteiger partial charge in [0.1, 0.15) is 9.84 Å². The molecule has 0 amide bonds. The fourth-order valence-electron chi connectivity index (χ4n) is 2.08. The fraction of sp³-hybridized carbons (Fsp3) is 0.417. The van der Waals surface area contributed by atoms with Gasteiger partial charge in [-0.25, -0.2) is 22.0 Å². The second kappa shape index (κ2) is 5.35. The number of carbonyl (C=O) groups is 1. The van der Waals surface area contributed by atoms with Crippen molar-refractivity contribution in [3.63, 3.8) is 0 Å². The van der Waals surface area contributed by atoms with Crippen LogP contribution in [0.3, 0.4) is 0 Å². The van der Waals surface area contributed by atoms with Gasteiger partial charge in [0.2, 0.25) is 0 Å². The predicted octanol–water partition coefficient (Wildman–Crippen LogP) is 1.65. The van der Waals surface area contributed by atoms with E-state index in [9.17, 15) is 22.0 Å². The van der Waals surface area contributed by atoms with Crippen molar-refractivity contribution in [1.29, 1.82) is 0 Å². The van der Waals surface area contributed by atoms with Crippen molar-refractivity contribution in [3.05, 3.63) is 29.3 Å². The summed E-state index contributed by atoms with van der Waals surface area (Å²) in [4.78, 5) is 10.7. The van der Waals surface area contributed by atoms with Crippen molar-refractivity contribution in [2.75, 3.05) is 16.8 Å². The van der Waals surface area contributed by atoms with Gasteiger partial charge in [0, 0.05) is 6.04 Å². The van der Waals surface area contributed by atoms with Crippen molar-refractivity contribution in [2.45, 2.75) is 18.9 Å². The van der Waals surface area contributed by atoms with Crippen LogP contribution < -0.4 is 5.32 Å². The van der Waals surface area contributed by atoms with Crippen molar-refractivity contribution >= 4 is 21.5 Å². The lowest BCUT2D eigenvalue weighted by Crippen LogP contribution is -2.32. The summed E-state index contributed by atoms with van der Waals surface area (Å²) in [5.74, 6) is -4.23. The number of benzene rings is 1. The molecule has 0 aromatic heterocycles. The van der Waals surface area contributed by atoms with E-state index < -0.39 is 33.0 Å². The standard InChI is InChI=1S/C12H13F2NO4S/c13-10-8(12(16)17)1-2-9(11(10)14)15-7-3-5-20(18,19)6-4-7/h1-2,7,15H,3-6H2,(H,16,17). The first-order valence-corrected chi connectivity index (χ1v) is 7.80. The van der Waals surface area contributed by atoms with Crippen molar-refractivity contribution in [3.8, 4) is 0 Å². The molecule has 8 heteroatoms. The van der Waals surface area contributed by atoms with Crippen molar-refractivity contribution in [1.82, 2.24) is 0 Å². The Balaban J connectivity index is 2.15. The van der Waals surface area contributed by atoms with E-state index in [0.717, 1.165) is 12.1 Å². The molecule has 0 radical (unpaired) electrons. The van der Waals surface area contributed by atoms with Gasteiger partial charge < -0.3 is 10.4 Å². The molecular weight excluding hydrogens is 292 g/mol. The molecule has 0 spiro atoms. The number of aromatic carboxylic acids is 1. The minimum Gasteiger partial charge on any atom is -0.478 e. The van der Waals surface area contributed by atoms with E-state index in [1.165, 1.54) is 0 Å². The molecule has 1 aromatic carbocycles. The first-order valence-electron chi connectivity index (χ1n) is 5.98. The third-order valence-corrected chi connectivity index (χ3v) is 4.94. The minimum atomic E-state index is -3.03. The summed E-state index contributed by atoms with van der Waals surface area (Å²) in [6, 6.07) is 1.84. The van der Waals surface area contributed by atoms with Crippen LogP contribution in [0.25, 0.3) is 0 Å². The molecule has 0 aliphatic carbocycles. The molecule has 5 nitrogen and oxygen atoms in total. The molecule has 0 bridgehead atoms. The van der Waals surface area contributed by atoms with Crippen LogP contribution in [0.2, 0.25) is 0 Å². The van der Waals surface area contributed by atoms with E-state index in [-0.39, 0.29) is 23.2 Å². The predicted molar refractivity (Wildman–Crippen MR) is 68.6 cm³/mol. The van der Waals surface area contributed by atoms with Gasteiger partial charge >= 0.3 is 5.97 Å². The highest BCUT2D eigenvalue weighted by molar-refractivity contribution is 7.91. The van der Waals surface area contributed by atoms with E-state index >= 15 is 0 Å². The maximum atomic E-state index is 13.7. The second-order valence-electron chi connectivity index (χ2n) is 4.66. The molecule has 2 rings (SSSR count). The van der Waals surface area contributed by atoms with Crippen LogP contribution in [0.5, 0.6) is 0 Å². The average Bonchev–Trinajstić information content (AvgIpc) is 2.37. The molecule has 1 aromatic rings. The highest BCUT2D eigenvalue weighted by Gasteiger charge is 2.25. The normalized spacial score (nSPS) is 18.7. The Hall–Kier alpha value is -1.70. The van der Waals surface area contributed by atoms with Gasteiger partial charge in [-0.2, -0.15) is 0 Å². The van der Waals surface area contributed by atoms with Crippen molar-refractivity contribution < 1.29 is 27.1 Å². The molecule has 1 aliphatic rings. The summed E-state index contributed by atoms with van der Waals surface area (Å²) in [5, 5.41) is 11.4. The van der Waals surface area contributed by atoms with Gasteiger partial charge in [-0.15, -0.1) is 0 Å². The Labute approximate surface area is 114 Å². The zero-order valence-electron chi connectivity index (χ0n) is 10.4. The minimum absolute atomic E-state index is 0.00196. The SMILES string of the molecule is O=C(O)c1ccc(NC2CCS(=O)(=O)CC2)c(F)c1F. The number of anilines is 1. The zero-order chi connectivity index (χ0) is 14.9. The lowest BCUT2D eigenvalue weighted by Gasteiger charge is -2.24. The van der Waals surface area contributed by atoms with Crippen LogP contribution in [0.15, 0.2) is 12.1 Å². The van der Waals surface area contributed by atoms with E-state index in [1.54, 1.807) is 0 Å². The summed E-state index contributed by atoms with van der Waals surface area (Å²) in [7, 11) is -3.03. The van der Waals surface area contributed by atoms with Gasteiger partial charge in [-0.05, 0) is 25.0 Å². The van der Waals surface area contributed by atoms with Gasteiger partial charge in [0.15, 0.2) is 11.6 Å². The fourth-order valence-corrected chi connectivity index (χ4v) is 3.57. The number of halogens is 2. The Morgan fingerprint density at radius 3 is 2.35 bits per heavy atom. The number of nitrogens with one attached hydrogen (secondary N) is 1. The first-order chi connectivity index (χ1) is 9.30. The van der Waals surface area contributed by atoms with E-state index in [1.807, 2.05) is 0 Å². The van der Waals surface area contributed by atoms with Crippen LogP contribution in [0.1, 0.15) is 23.2 Å². The summed E-state index contributed by atoms with van der Waals surface area (Å²) >= 11 is 0. The topological polar surface area (TPSA) is 83.5 Å². The molecule has 1 heterocycles. The molecular formula is C12H13F2NO4S. The monoisotopic (exact) mass is 305 g/mol. The quantitative estimate of drug-likeness (QED) is 0.887. The van der Waals surface area contributed by atoms with Crippen LogP contribution in [0.4, 0.5) is 14.5 Å². The number of carboxylic acid groups (broad SMARTS) is 1. The highest BCUT2D eigenvalue weighted by Crippen LogP contribution is 2.24. The van der Waals surface area contributed by atoms with Crippen LogP contribution in [-0.2, 0) is 9.84 Å². The van der Waals surface area contributed by atoms with E-state index in [0.29, 0.717) is 12.8 Å². The Kier molecular flexibility index (Phi) is 3.94. The van der Waals surface area contributed by atoms with E-state index in [4.69, 9.17) is 5.11 Å². The largest absolute Gasteiger partial charge is 0.478 e. The number of hydrogen-bond acceptors (Lipinski definition) is 4. The molecule has 2 N–H and O–H groups in total. The molecule has 0 atom stereocenters. The summed E-state index contributed by atoms with van der Waals surface area (Å²) < 4.78 is 49.7. The van der Waals surface area contributed by atoms with Gasteiger partial charge in [0.05, 0.1) is 22.8 Å². The summed E-state index contributed by atoms with van der Waals surface area (Å²) in [5.41, 5.74) is -0.893. The van der Waals surface area contributed by atoms with Crippen LogP contribution in [-0.4, -0.2) is 37.0 Å². The Morgan fingerprint density at radius 1 is 1.20 bits per heavy atom. The maximum Gasteiger partial charge on any atom is 0.338 e. The third-order valence-electron chi connectivity index (χ3n) is 3.23. The number of rotatable bonds is 3. The smallest absolute Gasteiger partial charge is 0.338 e. The molecule has 1 aliphatic heterocycles. The lowest BCUT2D eigenvalue weighted by atomic mass is 10.1. The summed E-state index contributed by atoms with van der Waals surface area (Å²) in [6.07, 6.45) is 0.619. The van der Waals surface area contributed by atoms with Crippen molar-refractivity contribution in [2.24, 2.45) is 0 Å². The Morgan fingerprint density at radius 2 is 1.80 bits per heavy atom. The average molecular weight is 305 g/mol. The lowest BCUT2D eigenvalue weighted by molar-refractivity contribution is 0.0690. The molecule has 0 saturated carbocycles. The van der Waals surface area contributed by atoms with Gasteiger partial charge in [-0.1, -0.05) is 0 Å². The molecule has 110 valence electrons. The van der Waals surface area contributed by atoms with Crippen LogP contribution >= 0.6 is 0 Å². The van der Waals surface area contributed by atoms with Gasteiger partial charge in [-0.3, -0.25) is 0 Å². The highest BCUT2D eigenvalue weighted by atomic mass is 32.2. The first kappa shape index (κ1) is 14.7. The van der Waals surface area contributed by atoms with Gasteiger partial charge in [0.25, 0.3) is 0 Å². The number of carboxylic acids is 1. The van der Waals surface area contributed by atoms with E-state index in [2.05, 4.69) is 5.32 Å². The zero-order valence-corrected chi connectivity index (χ0v) is 11.2. The number of hydrogen-bond donors (Lipinski definition) is 2. The number of sulfone groups is 1. The second-order valence-corrected chi connectivity index (χ2v) is 6.97. The Bertz CT molecular complexity index is 631. The third kappa shape index (κ3) is 3.06. The molecule has 20 heavy (non-hydrogen) atoms. The van der Waals surface area contributed by atoms with Crippen LogP contribution in [0, 0.1) is 11.6 Å². The summed E-state index contributed by atoms with van der Waals surface area (Å²) in [6.45, 7) is 0. The maximum absolute atomic E-state index is 13.7. The molecule has 1 fully saturated rings. The molecule has 0 unspecified atom stereocenters. The molecule has 1 saturated heterocycles.